The van der Waals surface area contributed by atoms with Crippen molar-refractivity contribution in [3.05, 3.63) is 59.9 Å². The second kappa shape index (κ2) is 8.37. The van der Waals surface area contributed by atoms with Gasteiger partial charge in [-0.05, 0) is 36.8 Å². The van der Waals surface area contributed by atoms with Crippen molar-refractivity contribution in [2.24, 2.45) is 0 Å². The van der Waals surface area contributed by atoms with Gasteiger partial charge >= 0.3 is 0 Å². The van der Waals surface area contributed by atoms with Gasteiger partial charge in [0, 0.05) is 31.9 Å². The first-order valence-electron chi connectivity index (χ1n) is 8.22. The van der Waals surface area contributed by atoms with Gasteiger partial charge in [-0.3, -0.25) is 4.98 Å². The molecule has 0 unspecified atom stereocenters. The van der Waals surface area contributed by atoms with Crippen LogP contribution in [0.2, 0.25) is 0 Å². The van der Waals surface area contributed by atoms with Crippen LogP contribution in [-0.4, -0.2) is 30.8 Å². The van der Waals surface area contributed by atoms with E-state index in [9.17, 15) is 8.42 Å². The fourth-order valence-corrected chi connectivity index (χ4v) is 3.98. The van der Waals surface area contributed by atoms with Crippen molar-refractivity contribution in [3.8, 4) is 0 Å². The van der Waals surface area contributed by atoms with Crippen molar-refractivity contribution in [3.63, 3.8) is 0 Å². The molecule has 0 aliphatic rings. The summed E-state index contributed by atoms with van der Waals surface area (Å²) in [7, 11) is -3.40. The Morgan fingerprint density at radius 3 is 2.29 bits per heavy atom. The van der Waals surface area contributed by atoms with E-state index >= 15 is 0 Å². The summed E-state index contributed by atoms with van der Waals surface area (Å²) in [4.78, 5) is 4.62. The lowest BCUT2D eigenvalue weighted by Crippen LogP contribution is -2.30. The molecule has 5 nitrogen and oxygen atoms in total. The van der Waals surface area contributed by atoms with Crippen LogP contribution in [0.3, 0.4) is 0 Å². The first kappa shape index (κ1) is 18.6. The number of pyridine rings is 1. The van der Waals surface area contributed by atoms with Crippen LogP contribution in [0.5, 0.6) is 0 Å². The standard InChI is InChI=1S/C18H25N3O2S/c1-4-21(5-2)24(22,23)18-11-9-16(10-12-18)15(3)20-14-17-8-6-7-13-19-17/h6-13,15,20H,4-5,14H2,1-3H3/t15-/m1/s1. The highest BCUT2D eigenvalue weighted by Crippen LogP contribution is 2.19. The molecule has 1 aromatic carbocycles. The number of hydrogen-bond acceptors (Lipinski definition) is 4. The molecule has 1 N–H and O–H groups in total. The van der Waals surface area contributed by atoms with Crippen LogP contribution in [0.4, 0.5) is 0 Å². The fraction of sp³-hybridized carbons (Fsp3) is 0.389. The molecule has 1 heterocycles. The SMILES string of the molecule is CCN(CC)S(=O)(=O)c1ccc([C@@H](C)NCc2ccccn2)cc1. The Morgan fingerprint density at radius 2 is 1.75 bits per heavy atom. The van der Waals surface area contributed by atoms with Crippen LogP contribution in [0.15, 0.2) is 53.6 Å². The average molecular weight is 347 g/mol. The highest BCUT2D eigenvalue weighted by Gasteiger charge is 2.21. The molecule has 0 aliphatic heterocycles. The summed E-state index contributed by atoms with van der Waals surface area (Å²) in [5.41, 5.74) is 2.02. The zero-order valence-corrected chi connectivity index (χ0v) is 15.3. The van der Waals surface area contributed by atoms with E-state index < -0.39 is 10.0 Å². The van der Waals surface area contributed by atoms with Gasteiger partial charge in [0.1, 0.15) is 0 Å². The van der Waals surface area contributed by atoms with E-state index in [-0.39, 0.29) is 6.04 Å². The Morgan fingerprint density at radius 1 is 1.08 bits per heavy atom. The zero-order chi connectivity index (χ0) is 17.6. The van der Waals surface area contributed by atoms with Gasteiger partial charge < -0.3 is 5.32 Å². The van der Waals surface area contributed by atoms with E-state index in [1.807, 2.05) is 44.2 Å². The summed E-state index contributed by atoms with van der Waals surface area (Å²) in [6.45, 7) is 7.36. The van der Waals surface area contributed by atoms with Gasteiger partial charge in [0.2, 0.25) is 10.0 Å². The minimum atomic E-state index is -3.40. The predicted molar refractivity (Wildman–Crippen MR) is 96.0 cm³/mol. The van der Waals surface area contributed by atoms with Crippen LogP contribution >= 0.6 is 0 Å². The molecular formula is C18H25N3O2S. The van der Waals surface area contributed by atoms with Crippen LogP contribution in [0, 0.1) is 0 Å². The maximum absolute atomic E-state index is 12.5. The smallest absolute Gasteiger partial charge is 0.243 e. The van der Waals surface area contributed by atoms with E-state index in [1.165, 1.54) is 4.31 Å². The molecule has 0 fully saturated rings. The largest absolute Gasteiger partial charge is 0.305 e. The lowest BCUT2D eigenvalue weighted by Gasteiger charge is -2.19. The lowest BCUT2D eigenvalue weighted by molar-refractivity contribution is 0.445. The fourth-order valence-electron chi connectivity index (χ4n) is 2.52. The monoisotopic (exact) mass is 347 g/mol. The third-order valence-electron chi connectivity index (χ3n) is 4.04. The normalized spacial score (nSPS) is 13.2. The summed E-state index contributed by atoms with van der Waals surface area (Å²) in [6.07, 6.45) is 1.77. The molecule has 1 aromatic heterocycles. The summed E-state index contributed by atoms with van der Waals surface area (Å²) in [6, 6.07) is 13.0. The highest BCUT2D eigenvalue weighted by atomic mass is 32.2. The molecule has 0 amide bonds. The summed E-state index contributed by atoms with van der Waals surface area (Å²) in [5.74, 6) is 0. The molecule has 24 heavy (non-hydrogen) atoms. The van der Waals surface area contributed by atoms with Gasteiger partial charge in [0.05, 0.1) is 10.6 Å². The molecule has 1 atom stereocenters. The summed E-state index contributed by atoms with van der Waals surface area (Å²) >= 11 is 0. The Hall–Kier alpha value is -1.76. The molecule has 2 rings (SSSR count). The third-order valence-corrected chi connectivity index (χ3v) is 6.10. The van der Waals surface area contributed by atoms with Crippen molar-refractivity contribution in [1.82, 2.24) is 14.6 Å². The Bertz CT molecular complexity index is 727. The lowest BCUT2D eigenvalue weighted by atomic mass is 10.1. The molecule has 130 valence electrons. The van der Waals surface area contributed by atoms with Gasteiger partial charge in [-0.2, -0.15) is 4.31 Å². The van der Waals surface area contributed by atoms with Crippen molar-refractivity contribution >= 4 is 10.0 Å². The van der Waals surface area contributed by atoms with E-state index in [0.717, 1.165) is 11.3 Å². The van der Waals surface area contributed by atoms with Gasteiger partial charge in [-0.25, -0.2) is 8.42 Å². The summed E-state index contributed by atoms with van der Waals surface area (Å²) in [5, 5.41) is 3.40. The molecule has 0 bridgehead atoms. The van der Waals surface area contributed by atoms with Crippen molar-refractivity contribution in [1.29, 1.82) is 0 Å². The molecule has 2 aromatic rings. The van der Waals surface area contributed by atoms with E-state index in [0.29, 0.717) is 24.5 Å². The van der Waals surface area contributed by atoms with E-state index in [4.69, 9.17) is 0 Å². The van der Waals surface area contributed by atoms with Gasteiger partial charge in [0.15, 0.2) is 0 Å². The molecule has 6 heteroatoms. The molecule has 0 saturated heterocycles. The maximum Gasteiger partial charge on any atom is 0.243 e. The average Bonchev–Trinajstić information content (AvgIpc) is 2.61. The molecule has 0 saturated carbocycles. The van der Waals surface area contributed by atoms with Gasteiger partial charge in [0.25, 0.3) is 0 Å². The second-order valence-electron chi connectivity index (χ2n) is 5.58. The minimum absolute atomic E-state index is 0.109. The first-order valence-corrected chi connectivity index (χ1v) is 9.66. The number of nitrogens with zero attached hydrogens (tertiary/aromatic N) is 2. The molecule has 0 aliphatic carbocycles. The predicted octanol–water partition coefficient (Wildman–Crippen LogP) is 2.96. The number of sulfonamides is 1. The van der Waals surface area contributed by atoms with Gasteiger partial charge in [-0.15, -0.1) is 0 Å². The molecular weight excluding hydrogens is 322 g/mol. The Kier molecular flexibility index (Phi) is 6.48. The van der Waals surface area contributed by atoms with Gasteiger partial charge in [-0.1, -0.05) is 32.0 Å². The van der Waals surface area contributed by atoms with Crippen LogP contribution in [-0.2, 0) is 16.6 Å². The number of hydrogen-bond donors (Lipinski definition) is 1. The number of rotatable bonds is 8. The molecule has 0 radical (unpaired) electrons. The van der Waals surface area contributed by atoms with Crippen LogP contribution < -0.4 is 5.32 Å². The zero-order valence-electron chi connectivity index (χ0n) is 14.4. The van der Waals surface area contributed by atoms with Crippen molar-refractivity contribution in [2.45, 2.75) is 38.3 Å². The summed E-state index contributed by atoms with van der Waals surface area (Å²) < 4.78 is 26.4. The number of nitrogens with one attached hydrogen (secondary N) is 1. The second-order valence-corrected chi connectivity index (χ2v) is 7.52. The van der Waals surface area contributed by atoms with Crippen molar-refractivity contribution < 1.29 is 8.42 Å². The number of aromatic nitrogens is 1. The van der Waals surface area contributed by atoms with Crippen molar-refractivity contribution in [2.75, 3.05) is 13.1 Å². The Labute approximate surface area is 144 Å². The topological polar surface area (TPSA) is 62.3 Å². The van der Waals surface area contributed by atoms with Crippen LogP contribution in [0.25, 0.3) is 0 Å². The highest BCUT2D eigenvalue weighted by molar-refractivity contribution is 7.89. The van der Waals surface area contributed by atoms with E-state index in [1.54, 1.807) is 18.3 Å². The maximum atomic E-state index is 12.5. The first-order chi connectivity index (χ1) is 11.5. The minimum Gasteiger partial charge on any atom is -0.305 e. The third kappa shape index (κ3) is 4.41. The molecule has 0 spiro atoms. The van der Waals surface area contributed by atoms with Crippen LogP contribution in [0.1, 0.15) is 38.1 Å². The van der Waals surface area contributed by atoms with E-state index in [2.05, 4.69) is 17.2 Å². The Balaban J connectivity index is 2.06. The number of benzene rings is 1. The quantitative estimate of drug-likeness (QED) is 0.797.